The molecule has 2 unspecified atom stereocenters. The van der Waals surface area contributed by atoms with Gasteiger partial charge in [-0.1, -0.05) is 12.2 Å². The van der Waals surface area contributed by atoms with E-state index in [2.05, 4.69) is 5.32 Å². The van der Waals surface area contributed by atoms with Crippen molar-refractivity contribution in [1.82, 2.24) is 0 Å². The maximum atomic E-state index is 12.6. The topological polar surface area (TPSA) is 117 Å². The monoisotopic (exact) mass is 451 g/mol. The van der Waals surface area contributed by atoms with Crippen molar-refractivity contribution in [1.29, 1.82) is 0 Å². The molecular formula is C24H21NO6S. The number of hydrogen-bond donors (Lipinski definition) is 3. The molecule has 1 aliphatic carbocycles. The smallest absolute Gasteiger partial charge is 0.340 e. The number of nitrogens with one attached hydrogen (secondary N) is 1. The van der Waals surface area contributed by atoms with Gasteiger partial charge in [-0.15, -0.1) is 11.8 Å². The fourth-order valence-corrected chi connectivity index (χ4v) is 4.50. The number of rotatable bonds is 6. The van der Waals surface area contributed by atoms with Gasteiger partial charge in [0.15, 0.2) is 0 Å². The molecule has 8 heteroatoms. The van der Waals surface area contributed by atoms with E-state index in [4.69, 9.17) is 4.42 Å². The van der Waals surface area contributed by atoms with Crippen LogP contribution in [0.2, 0.25) is 0 Å². The molecule has 0 saturated carbocycles. The number of phenols is 1. The van der Waals surface area contributed by atoms with Gasteiger partial charge in [0.05, 0.1) is 11.8 Å². The third-order valence-corrected chi connectivity index (χ3v) is 6.46. The van der Waals surface area contributed by atoms with Gasteiger partial charge >= 0.3 is 11.6 Å². The van der Waals surface area contributed by atoms with Crippen LogP contribution in [0, 0.1) is 11.8 Å². The van der Waals surface area contributed by atoms with Crippen molar-refractivity contribution in [3.05, 3.63) is 76.7 Å². The lowest BCUT2D eigenvalue weighted by Gasteiger charge is -2.24. The summed E-state index contributed by atoms with van der Waals surface area (Å²) in [4.78, 5) is 37.1. The average Bonchev–Trinajstić information content (AvgIpc) is 2.78. The van der Waals surface area contributed by atoms with Gasteiger partial charge in [-0.3, -0.25) is 9.59 Å². The predicted octanol–water partition coefficient (Wildman–Crippen LogP) is 4.40. The standard InChI is InChI=1S/C24H21NO6S/c26-17-8-5-14-11-15(24(30)31-21(14)12-17)13-32-18-9-6-16(7-10-18)25-22(27)19-3-1-2-4-20(19)23(28)29/h1-2,5-12,19-20,26H,3-4,13H2,(H,25,27)(H,28,29). The largest absolute Gasteiger partial charge is 0.508 e. The summed E-state index contributed by atoms with van der Waals surface area (Å²) in [6.45, 7) is 0. The molecule has 7 nitrogen and oxygen atoms in total. The Morgan fingerprint density at radius 3 is 2.47 bits per heavy atom. The Hall–Kier alpha value is -3.52. The van der Waals surface area contributed by atoms with E-state index < -0.39 is 23.4 Å². The van der Waals surface area contributed by atoms with Gasteiger partial charge in [0.2, 0.25) is 5.91 Å². The van der Waals surface area contributed by atoms with Crippen molar-refractivity contribution in [3.63, 3.8) is 0 Å². The first-order valence-corrected chi connectivity index (χ1v) is 11.1. The zero-order chi connectivity index (χ0) is 22.7. The molecule has 2 aromatic carbocycles. The second-order valence-corrected chi connectivity index (χ2v) is 8.63. The van der Waals surface area contributed by atoms with E-state index in [1.54, 1.807) is 30.3 Å². The van der Waals surface area contributed by atoms with Crippen molar-refractivity contribution in [2.24, 2.45) is 11.8 Å². The molecule has 3 aromatic rings. The molecule has 164 valence electrons. The van der Waals surface area contributed by atoms with Crippen LogP contribution < -0.4 is 10.9 Å². The number of benzene rings is 2. The van der Waals surface area contributed by atoms with Gasteiger partial charge < -0.3 is 19.9 Å². The minimum atomic E-state index is -0.962. The van der Waals surface area contributed by atoms with E-state index in [0.29, 0.717) is 35.4 Å². The summed E-state index contributed by atoms with van der Waals surface area (Å²) in [7, 11) is 0. The fourth-order valence-electron chi connectivity index (χ4n) is 3.65. The summed E-state index contributed by atoms with van der Waals surface area (Å²) < 4.78 is 5.29. The van der Waals surface area contributed by atoms with Crippen LogP contribution in [-0.4, -0.2) is 22.1 Å². The van der Waals surface area contributed by atoms with Crippen LogP contribution in [0.3, 0.4) is 0 Å². The maximum Gasteiger partial charge on any atom is 0.340 e. The van der Waals surface area contributed by atoms with Gasteiger partial charge in [-0.25, -0.2) is 4.79 Å². The second-order valence-electron chi connectivity index (χ2n) is 7.58. The molecule has 0 radical (unpaired) electrons. The third-order valence-electron chi connectivity index (χ3n) is 5.39. The van der Waals surface area contributed by atoms with E-state index in [1.165, 1.54) is 23.9 Å². The lowest BCUT2D eigenvalue weighted by molar-refractivity contribution is -0.146. The number of carboxylic acid groups (broad SMARTS) is 1. The average molecular weight is 452 g/mol. The molecular weight excluding hydrogens is 430 g/mol. The van der Waals surface area contributed by atoms with Crippen molar-refractivity contribution in [2.75, 3.05) is 5.32 Å². The summed E-state index contributed by atoms with van der Waals surface area (Å²) in [6, 6.07) is 13.5. The normalized spacial score (nSPS) is 17.9. The Morgan fingerprint density at radius 2 is 1.75 bits per heavy atom. The number of anilines is 1. The molecule has 1 aliphatic rings. The van der Waals surface area contributed by atoms with Crippen LogP contribution in [0.1, 0.15) is 18.4 Å². The Kier molecular flexibility index (Phi) is 6.32. The Balaban J connectivity index is 1.39. The van der Waals surface area contributed by atoms with Crippen molar-refractivity contribution in [2.45, 2.75) is 23.5 Å². The van der Waals surface area contributed by atoms with Gasteiger partial charge in [-0.2, -0.15) is 0 Å². The summed E-state index contributed by atoms with van der Waals surface area (Å²) >= 11 is 1.45. The Bertz CT molecular complexity index is 1250. The number of phenolic OH excluding ortho intramolecular Hbond substituents is 1. The van der Waals surface area contributed by atoms with E-state index >= 15 is 0 Å². The first-order valence-electron chi connectivity index (χ1n) is 10.1. The summed E-state index contributed by atoms with van der Waals surface area (Å²) in [5, 5.41) is 22.4. The molecule has 32 heavy (non-hydrogen) atoms. The number of allylic oxidation sites excluding steroid dienone is 2. The zero-order valence-electron chi connectivity index (χ0n) is 17.0. The minimum absolute atomic E-state index is 0.0355. The maximum absolute atomic E-state index is 12.6. The number of thioether (sulfide) groups is 1. The fraction of sp³-hybridized carbons (Fsp3) is 0.208. The number of fused-ring (bicyclic) bond motifs is 1. The van der Waals surface area contributed by atoms with Gasteiger partial charge in [0.1, 0.15) is 11.3 Å². The van der Waals surface area contributed by atoms with Crippen LogP contribution in [-0.2, 0) is 15.3 Å². The number of hydrogen-bond acceptors (Lipinski definition) is 6. The van der Waals surface area contributed by atoms with Crippen molar-refractivity contribution in [3.8, 4) is 5.75 Å². The van der Waals surface area contributed by atoms with E-state index in [0.717, 1.165) is 10.3 Å². The van der Waals surface area contributed by atoms with Crippen molar-refractivity contribution >= 4 is 40.3 Å². The Morgan fingerprint density at radius 1 is 1.03 bits per heavy atom. The van der Waals surface area contributed by atoms with Crippen LogP contribution >= 0.6 is 11.8 Å². The molecule has 4 rings (SSSR count). The first-order chi connectivity index (χ1) is 15.4. The number of aromatic hydroxyl groups is 1. The molecule has 0 bridgehead atoms. The number of aliphatic carboxylic acids is 1. The molecule has 0 spiro atoms. The van der Waals surface area contributed by atoms with Gasteiger partial charge in [0.25, 0.3) is 0 Å². The van der Waals surface area contributed by atoms with Crippen LogP contribution in [0.25, 0.3) is 11.0 Å². The summed E-state index contributed by atoms with van der Waals surface area (Å²) in [6.07, 6.45) is 4.40. The van der Waals surface area contributed by atoms with E-state index in [-0.39, 0.29) is 11.7 Å². The number of carboxylic acids is 1. The highest BCUT2D eigenvalue weighted by Gasteiger charge is 2.33. The molecule has 1 aromatic heterocycles. The van der Waals surface area contributed by atoms with Gasteiger partial charge in [0, 0.05) is 33.4 Å². The molecule has 2 atom stereocenters. The van der Waals surface area contributed by atoms with Gasteiger partial charge in [-0.05, 0) is 55.3 Å². The van der Waals surface area contributed by atoms with E-state index in [9.17, 15) is 24.6 Å². The quantitative estimate of drug-likeness (QED) is 0.289. The Labute approximate surface area is 187 Å². The lowest BCUT2D eigenvalue weighted by atomic mass is 9.82. The van der Waals surface area contributed by atoms with Crippen molar-refractivity contribution < 1.29 is 24.2 Å². The number of amides is 1. The molecule has 0 aliphatic heterocycles. The SMILES string of the molecule is O=C(O)C1CC=CCC1C(=O)Nc1ccc(SCc2cc3ccc(O)cc3oc2=O)cc1. The first kappa shape index (κ1) is 21.7. The van der Waals surface area contributed by atoms with Crippen LogP contribution in [0.5, 0.6) is 5.75 Å². The summed E-state index contributed by atoms with van der Waals surface area (Å²) in [5.74, 6) is -2.14. The number of carbonyl (C=O) groups excluding carboxylic acids is 1. The molecule has 1 amide bonds. The zero-order valence-corrected chi connectivity index (χ0v) is 17.8. The predicted molar refractivity (Wildman–Crippen MR) is 122 cm³/mol. The van der Waals surface area contributed by atoms with Crippen LogP contribution in [0.4, 0.5) is 5.69 Å². The number of carbonyl (C=O) groups is 2. The lowest BCUT2D eigenvalue weighted by Crippen LogP contribution is -2.34. The highest BCUT2D eigenvalue weighted by molar-refractivity contribution is 7.98. The molecule has 0 fully saturated rings. The minimum Gasteiger partial charge on any atom is -0.508 e. The highest BCUT2D eigenvalue weighted by Crippen LogP contribution is 2.29. The molecule has 1 heterocycles. The van der Waals surface area contributed by atoms with E-state index in [1.807, 2.05) is 18.2 Å². The second kappa shape index (κ2) is 9.32. The molecule has 0 saturated heterocycles. The third kappa shape index (κ3) is 4.86. The summed E-state index contributed by atoms with van der Waals surface area (Å²) in [5.41, 5.74) is 0.982. The van der Waals surface area contributed by atoms with Crippen LogP contribution in [0.15, 0.2) is 74.8 Å². The highest BCUT2D eigenvalue weighted by atomic mass is 32.2. The molecule has 3 N–H and O–H groups in total.